The number of unbranched alkanes of at least 4 members (excludes halogenated alkanes) is 18. The number of carbonyl (C=O) groups excluding carboxylic acids is 3. The fraction of sp³-hybridized carbons (Fsp3) is 0.943. The molecule has 1 rings (SSSR count). The SMILES string of the molecule is CCCCCC(CCCCC)CCOC(=O)CCCCCCCCC(CCCCCCCCC(=O)OCCC(CCCCC)CCCCC)OC(=O)CCCN1CCOCC1. The van der Waals surface area contributed by atoms with Crippen molar-refractivity contribution in [2.24, 2.45) is 11.8 Å². The number of nitrogens with zero attached hydrogens (tertiary/aromatic N) is 1. The minimum atomic E-state index is -0.0518. The van der Waals surface area contributed by atoms with Gasteiger partial charge in [0.05, 0.1) is 26.4 Å². The van der Waals surface area contributed by atoms with Crippen molar-refractivity contribution in [1.29, 1.82) is 0 Å². The Hall–Kier alpha value is -1.67. The summed E-state index contributed by atoms with van der Waals surface area (Å²) in [5.74, 6) is 1.29. The molecule has 61 heavy (non-hydrogen) atoms. The summed E-state index contributed by atoms with van der Waals surface area (Å²) in [6.07, 6.45) is 39.7. The lowest BCUT2D eigenvalue weighted by Gasteiger charge is -2.26. The second-order valence-corrected chi connectivity index (χ2v) is 18.7. The van der Waals surface area contributed by atoms with Crippen LogP contribution in [0, 0.1) is 11.8 Å². The van der Waals surface area contributed by atoms with Crippen LogP contribution in [0.1, 0.15) is 259 Å². The van der Waals surface area contributed by atoms with E-state index in [1.165, 1.54) is 103 Å². The molecular weight excluding hydrogens is 763 g/mol. The molecule has 0 aromatic rings. The van der Waals surface area contributed by atoms with Crippen LogP contribution in [0.2, 0.25) is 0 Å². The Kier molecular flexibility index (Phi) is 41.0. The van der Waals surface area contributed by atoms with Gasteiger partial charge in [-0.25, -0.2) is 0 Å². The lowest BCUT2D eigenvalue weighted by molar-refractivity contribution is -0.150. The molecule has 1 fully saturated rings. The van der Waals surface area contributed by atoms with Gasteiger partial charge in [0.25, 0.3) is 0 Å². The summed E-state index contributed by atoms with van der Waals surface area (Å²) < 4.78 is 22.9. The first-order valence-electron chi connectivity index (χ1n) is 26.7. The Balaban J connectivity index is 2.29. The zero-order valence-electron chi connectivity index (χ0n) is 40.9. The average molecular weight is 864 g/mol. The van der Waals surface area contributed by atoms with Crippen LogP contribution in [0.3, 0.4) is 0 Å². The van der Waals surface area contributed by atoms with Gasteiger partial charge in [0.2, 0.25) is 0 Å². The van der Waals surface area contributed by atoms with E-state index in [0.29, 0.717) is 44.3 Å². The van der Waals surface area contributed by atoms with Gasteiger partial charge >= 0.3 is 17.9 Å². The van der Waals surface area contributed by atoms with Crippen LogP contribution in [-0.4, -0.2) is 75.0 Å². The van der Waals surface area contributed by atoms with Gasteiger partial charge in [0.15, 0.2) is 0 Å². The summed E-state index contributed by atoms with van der Waals surface area (Å²) >= 11 is 0. The van der Waals surface area contributed by atoms with E-state index in [-0.39, 0.29) is 24.0 Å². The number of ether oxygens (including phenoxy) is 4. The number of rotatable bonds is 45. The molecule has 8 nitrogen and oxygen atoms in total. The molecule has 1 saturated heterocycles. The van der Waals surface area contributed by atoms with Gasteiger partial charge in [0, 0.05) is 32.4 Å². The maximum atomic E-state index is 12.9. The van der Waals surface area contributed by atoms with Crippen molar-refractivity contribution < 1.29 is 33.3 Å². The largest absolute Gasteiger partial charge is 0.466 e. The van der Waals surface area contributed by atoms with Gasteiger partial charge in [-0.05, 0) is 76.2 Å². The van der Waals surface area contributed by atoms with Crippen LogP contribution in [0.25, 0.3) is 0 Å². The molecule has 0 bridgehead atoms. The summed E-state index contributed by atoms with van der Waals surface area (Å²) in [5.41, 5.74) is 0. The van der Waals surface area contributed by atoms with E-state index in [1.807, 2.05) is 0 Å². The molecule has 0 atom stereocenters. The summed E-state index contributed by atoms with van der Waals surface area (Å²) in [6, 6.07) is 0. The lowest BCUT2D eigenvalue weighted by Crippen LogP contribution is -2.37. The highest BCUT2D eigenvalue weighted by Gasteiger charge is 2.17. The Morgan fingerprint density at radius 2 is 0.787 bits per heavy atom. The molecule has 1 heterocycles. The third-order valence-corrected chi connectivity index (χ3v) is 13.0. The van der Waals surface area contributed by atoms with Crippen LogP contribution in [0.5, 0.6) is 0 Å². The van der Waals surface area contributed by atoms with E-state index in [1.54, 1.807) is 0 Å². The molecular formula is C53H101NO7. The maximum Gasteiger partial charge on any atom is 0.306 e. The van der Waals surface area contributed by atoms with E-state index >= 15 is 0 Å². The molecule has 8 heteroatoms. The topological polar surface area (TPSA) is 91.4 Å². The highest BCUT2D eigenvalue weighted by Crippen LogP contribution is 2.23. The number of hydrogen-bond acceptors (Lipinski definition) is 8. The average Bonchev–Trinajstić information content (AvgIpc) is 3.25. The summed E-state index contributed by atoms with van der Waals surface area (Å²) in [7, 11) is 0. The monoisotopic (exact) mass is 864 g/mol. The normalized spacial score (nSPS) is 13.4. The second-order valence-electron chi connectivity index (χ2n) is 18.7. The van der Waals surface area contributed by atoms with E-state index < -0.39 is 0 Å². The van der Waals surface area contributed by atoms with Crippen molar-refractivity contribution in [3.8, 4) is 0 Å². The molecule has 0 unspecified atom stereocenters. The summed E-state index contributed by atoms with van der Waals surface area (Å²) in [4.78, 5) is 40.1. The molecule has 0 aromatic carbocycles. The first-order valence-corrected chi connectivity index (χ1v) is 26.7. The molecule has 0 aromatic heterocycles. The van der Waals surface area contributed by atoms with E-state index in [2.05, 4.69) is 32.6 Å². The number of esters is 3. The molecule has 0 spiro atoms. The Bertz CT molecular complexity index is 908. The molecule has 0 aliphatic carbocycles. The van der Waals surface area contributed by atoms with Gasteiger partial charge in [0.1, 0.15) is 6.10 Å². The van der Waals surface area contributed by atoms with Crippen LogP contribution in [0.15, 0.2) is 0 Å². The number of carbonyl (C=O) groups is 3. The van der Waals surface area contributed by atoms with Gasteiger partial charge in [-0.1, -0.05) is 182 Å². The van der Waals surface area contributed by atoms with E-state index in [4.69, 9.17) is 18.9 Å². The highest BCUT2D eigenvalue weighted by atomic mass is 16.5. The van der Waals surface area contributed by atoms with Crippen molar-refractivity contribution >= 4 is 17.9 Å². The predicted octanol–water partition coefficient (Wildman–Crippen LogP) is 14.7. The Morgan fingerprint density at radius 3 is 1.20 bits per heavy atom. The Labute approximate surface area is 377 Å². The predicted molar refractivity (Wildman–Crippen MR) is 255 cm³/mol. The third kappa shape index (κ3) is 37.4. The molecule has 1 aliphatic rings. The first-order chi connectivity index (χ1) is 29.9. The van der Waals surface area contributed by atoms with Gasteiger partial charge < -0.3 is 18.9 Å². The van der Waals surface area contributed by atoms with Gasteiger partial charge in [-0.2, -0.15) is 0 Å². The number of morpholine rings is 1. The smallest absolute Gasteiger partial charge is 0.306 e. The fourth-order valence-electron chi connectivity index (χ4n) is 8.90. The first kappa shape index (κ1) is 57.3. The van der Waals surface area contributed by atoms with E-state index in [9.17, 15) is 14.4 Å². The standard InChI is InChI=1S/C53H101NO7/c1-5-9-21-30-48(31-22-10-6-2)39-44-59-51(55)36-27-19-15-13-17-25-34-50(61-53(57)38-29-41-54-42-46-58-47-43-54)35-26-18-14-16-20-28-37-52(56)60-45-40-49(32-23-11-7-3)33-24-12-8-4/h48-50H,5-47H2,1-4H3. The van der Waals surface area contributed by atoms with E-state index in [0.717, 1.165) is 142 Å². The highest BCUT2D eigenvalue weighted by molar-refractivity contribution is 5.70. The fourth-order valence-corrected chi connectivity index (χ4v) is 8.90. The summed E-state index contributed by atoms with van der Waals surface area (Å²) in [6.45, 7) is 14.6. The molecule has 1 aliphatic heterocycles. The van der Waals surface area contributed by atoms with Gasteiger partial charge in [-0.3, -0.25) is 19.3 Å². The molecule has 0 radical (unpaired) electrons. The maximum absolute atomic E-state index is 12.9. The minimum Gasteiger partial charge on any atom is -0.466 e. The zero-order chi connectivity index (χ0) is 44.3. The molecule has 360 valence electrons. The molecule has 0 amide bonds. The van der Waals surface area contributed by atoms with Crippen molar-refractivity contribution in [2.45, 2.75) is 265 Å². The van der Waals surface area contributed by atoms with Crippen molar-refractivity contribution in [3.05, 3.63) is 0 Å². The Morgan fingerprint density at radius 1 is 0.426 bits per heavy atom. The van der Waals surface area contributed by atoms with Crippen LogP contribution >= 0.6 is 0 Å². The van der Waals surface area contributed by atoms with Crippen LogP contribution in [0.4, 0.5) is 0 Å². The van der Waals surface area contributed by atoms with Crippen LogP contribution < -0.4 is 0 Å². The second kappa shape index (κ2) is 43.6. The number of hydrogen-bond donors (Lipinski definition) is 0. The third-order valence-electron chi connectivity index (χ3n) is 13.0. The molecule has 0 N–H and O–H groups in total. The van der Waals surface area contributed by atoms with Gasteiger partial charge in [-0.15, -0.1) is 0 Å². The lowest BCUT2D eigenvalue weighted by atomic mass is 9.92. The molecule has 0 saturated carbocycles. The van der Waals surface area contributed by atoms with Crippen molar-refractivity contribution in [3.63, 3.8) is 0 Å². The zero-order valence-corrected chi connectivity index (χ0v) is 40.9. The summed E-state index contributed by atoms with van der Waals surface area (Å²) in [5, 5.41) is 0. The van der Waals surface area contributed by atoms with Crippen molar-refractivity contribution in [2.75, 3.05) is 46.1 Å². The quantitative estimate of drug-likeness (QED) is 0.0340. The minimum absolute atomic E-state index is 0.00352. The van der Waals surface area contributed by atoms with Crippen LogP contribution in [-0.2, 0) is 33.3 Å². The van der Waals surface area contributed by atoms with Crippen molar-refractivity contribution in [1.82, 2.24) is 4.90 Å².